The van der Waals surface area contributed by atoms with Gasteiger partial charge in [0, 0.05) is 24.2 Å². The number of hydrogen-bond acceptors (Lipinski definition) is 5. The van der Waals surface area contributed by atoms with Crippen LogP contribution in [0.15, 0.2) is 71.3 Å². The van der Waals surface area contributed by atoms with E-state index in [4.69, 9.17) is 9.63 Å². The number of nitrogens with one attached hydrogen (secondary N) is 1. The Morgan fingerprint density at radius 1 is 1.00 bits per heavy atom. The van der Waals surface area contributed by atoms with Crippen molar-refractivity contribution in [2.45, 2.75) is 26.1 Å². The summed E-state index contributed by atoms with van der Waals surface area (Å²) in [6, 6.07) is 18.0. The standard InChI is InChI=1S/C26H22F3N3O3.ClH/c1-16-13-20(19-3-2-4-21(14-19)26(27,28)29)9-10-22(16)25-31-24(32-35-25)18-7-5-17(6-8-18)15-30-12-11-23(33)34;/h2-10,13-14,30H,11-12,15H2,1H3,(H,33,34);1H. The second-order valence-electron chi connectivity index (χ2n) is 8.05. The van der Waals surface area contributed by atoms with Gasteiger partial charge in [0.25, 0.3) is 5.89 Å². The summed E-state index contributed by atoms with van der Waals surface area (Å²) in [5.74, 6) is -0.124. The number of aryl methyl sites for hydroxylation is 1. The maximum Gasteiger partial charge on any atom is 0.416 e. The highest BCUT2D eigenvalue weighted by Crippen LogP contribution is 2.34. The maximum absolute atomic E-state index is 13.1. The number of nitrogens with zero attached hydrogens (tertiary/aromatic N) is 2. The molecule has 0 fully saturated rings. The molecule has 188 valence electrons. The molecule has 0 aliphatic rings. The molecule has 0 aliphatic carbocycles. The predicted octanol–water partition coefficient (Wildman–Crippen LogP) is 6.38. The second kappa shape index (κ2) is 11.4. The molecule has 36 heavy (non-hydrogen) atoms. The molecule has 0 unspecified atom stereocenters. The van der Waals surface area contributed by atoms with E-state index in [1.165, 1.54) is 6.07 Å². The van der Waals surface area contributed by atoms with Gasteiger partial charge in [0.1, 0.15) is 0 Å². The summed E-state index contributed by atoms with van der Waals surface area (Å²) in [6.45, 7) is 2.77. The van der Waals surface area contributed by atoms with Gasteiger partial charge in [-0.2, -0.15) is 18.2 Å². The first-order valence-electron chi connectivity index (χ1n) is 10.8. The zero-order chi connectivity index (χ0) is 25.0. The fourth-order valence-electron chi connectivity index (χ4n) is 3.61. The minimum atomic E-state index is -4.40. The summed E-state index contributed by atoms with van der Waals surface area (Å²) >= 11 is 0. The van der Waals surface area contributed by atoms with Gasteiger partial charge in [0.05, 0.1) is 12.0 Å². The average molecular weight is 518 g/mol. The van der Waals surface area contributed by atoms with Crippen molar-refractivity contribution < 1.29 is 27.6 Å². The first-order chi connectivity index (χ1) is 16.7. The monoisotopic (exact) mass is 517 g/mol. The molecule has 4 rings (SSSR count). The van der Waals surface area contributed by atoms with Crippen LogP contribution < -0.4 is 5.32 Å². The zero-order valence-electron chi connectivity index (χ0n) is 19.2. The van der Waals surface area contributed by atoms with E-state index in [9.17, 15) is 18.0 Å². The Hall–Kier alpha value is -3.69. The summed E-state index contributed by atoms with van der Waals surface area (Å²) in [6.07, 6.45) is -4.34. The van der Waals surface area contributed by atoms with Gasteiger partial charge in [-0.25, -0.2) is 0 Å². The molecule has 0 bridgehead atoms. The fraction of sp³-hybridized carbons (Fsp3) is 0.192. The number of hydrogen-bond donors (Lipinski definition) is 2. The van der Waals surface area contributed by atoms with Crippen LogP contribution in [-0.4, -0.2) is 27.8 Å². The van der Waals surface area contributed by atoms with Gasteiger partial charge in [-0.3, -0.25) is 4.79 Å². The largest absolute Gasteiger partial charge is 0.481 e. The van der Waals surface area contributed by atoms with Crippen LogP contribution in [0.4, 0.5) is 13.2 Å². The van der Waals surface area contributed by atoms with Gasteiger partial charge < -0.3 is 14.9 Å². The molecule has 0 saturated carbocycles. The molecule has 6 nitrogen and oxygen atoms in total. The van der Waals surface area contributed by atoms with Gasteiger partial charge in [-0.15, -0.1) is 12.4 Å². The van der Waals surface area contributed by atoms with Crippen molar-refractivity contribution >= 4 is 18.4 Å². The van der Waals surface area contributed by atoms with E-state index in [1.54, 1.807) is 24.3 Å². The molecule has 0 aliphatic heterocycles. The molecule has 0 amide bonds. The molecular formula is C26H23ClF3N3O3. The Bertz CT molecular complexity index is 1340. The Morgan fingerprint density at radius 3 is 2.36 bits per heavy atom. The third kappa shape index (κ3) is 6.50. The number of rotatable bonds is 8. The zero-order valence-corrected chi connectivity index (χ0v) is 20.0. The Kier molecular flexibility index (Phi) is 8.49. The minimum Gasteiger partial charge on any atom is -0.481 e. The van der Waals surface area contributed by atoms with Crippen molar-refractivity contribution in [1.82, 2.24) is 15.5 Å². The lowest BCUT2D eigenvalue weighted by Crippen LogP contribution is -2.17. The molecule has 3 aromatic carbocycles. The smallest absolute Gasteiger partial charge is 0.416 e. The fourth-order valence-corrected chi connectivity index (χ4v) is 3.61. The van der Waals surface area contributed by atoms with E-state index >= 15 is 0 Å². The SMILES string of the molecule is Cc1cc(-c2cccc(C(F)(F)F)c2)ccc1-c1nc(-c2ccc(CNCCC(=O)O)cc2)no1.Cl. The molecule has 1 heterocycles. The number of aromatic nitrogens is 2. The van der Waals surface area contributed by atoms with Crippen molar-refractivity contribution in [3.63, 3.8) is 0 Å². The predicted molar refractivity (Wildman–Crippen MR) is 132 cm³/mol. The summed E-state index contributed by atoms with van der Waals surface area (Å²) in [4.78, 5) is 15.0. The van der Waals surface area contributed by atoms with E-state index in [0.29, 0.717) is 41.5 Å². The number of aliphatic carboxylic acids is 1. The summed E-state index contributed by atoms with van der Waals surface area (Å²) in [5, 5.41) is 15.8. The van der Waals surface area contributed by atoms with Crippen LogP contribution in [0.5, 0.6) is 0 Å². The van der Waals surface area contributed by atoms with E-state index < -0.39 is 17.7 Å². The van der Waals surface area contributed by atoms with Crippen molar-refractivity contribution in [1.29, 1.82) is 0 Å². The van der Waals surface area contributed by atoms with Gasteiger partial charge in [-0.05, 0) is 47.4 Å². The molecule has 2 N–H and O–H groups in total. The van der Waals surface area contributed by atoms with Gasteiger partial charge in [-0.1, -0.05) is 53.7 Å². The molecule has 0 saturated heterocycles. The van der Waals surface area contributed by atoms with Crippen LogP contribution >= 0.6 is 12.4 Å². The Labute approximate surface area is 211 Å². The van der Waals surface area contributed by atoms with Crippen LogP contribution in [-0.2, 0) is 17.5 Å². The molecule has 0 radical (unpaired) electrons. The molecule has 4 aromatic rings. The average Bonchev–Trinajstić information content (AvgIpc) is 3.31. The number of alkyl halides is 3. The quantitative estimate of drug-likeness (QED) is 0.263. The third-order valence-corrected chi connectivity index (χ3v) is 5.46. The molecule has 0 spiro atoms. The van der Waals surface area contributed by atoms with Gasteiger partial charge in [0.15, 0.2) is 0 Å². The van der Waals surface area contributed by atoms with Crippen LogP contribution in [0.25, 0.3) is 34.0 Å². The Balaban J connectivity index is 0.00000361. The normalized spacial score (nSPS) is 11.2. The van der Waals surface area contributed by atoms with Crippen molar-refractivity contribution in [2.24, 2.45) is 0 Å². The summed E-state index contributed by atoms with van der Waals surface area (Å²) in [5.41, 5.74) is 3.66. The van der Waals surface area contributed by atoms with E-state index in [1.807, 2.05) is 31.2 Å². The maximum atomic E-state index is 13.1. The number of carboxylic acid groups (broad SMARTS) is 1. The second-order valence-corrected chi connectivity index (χ2v) is 8.05. The number of carboxylic acids is 1. The van der Waals surface area contributed by atoms with Gasteiger partial charge in [0.2, 0.25) is 5.82 Å². The first-order valence-corrected chi connectivity index (χ1v) is 10.8. The molecule has 1 aromatic heterocycles. The van der Waals surface area contributed by atoms with Crippen LogP contribution in [0.1, 0.15) is 23.1 Å². The lowest BCUT2D eigenvalue weighted by Gasteiger charge is -2.10. The third-order valence-electron chi connectivity index (χ3n) is 5.46. The summed E-state index contributed by atoms with van der Waals surface area (Å²) in [7, 11) is 0. The van der Waals surface area contributed by atoms with Crippen LogP contribution in [0, 0.1) is 6.92 Å². The lowest BCUT2D eigenvalue weighted by atomic mass is 9.98. The van der Waals surface area contributed by atoms with E-state index in [-0.39, 0.29) is 18.8 Å². The number of halogens is 4. The summed E-state index contributed by atoms with van der Waals surface area (Å²) < 4.78 is 44.6. The topological polar surface area (TPSA) is 88.2 Å². The van der Waals surface area contributed by atoms with Crippen LogP contribution in [0.2, 0.25) is 0 Å². The van der Waals surface area contributed by atoms with E-state index in [0.717, 1.165) is 28.8 Å². The van der Waals surface area contributed by atoms with Crippen molar-refractivity contribution in [3.05, 3.63) is 83.4 Å². The molecule has 0 atom stereocenters. The van der Waals surface area contributed by atoms with Crippen molar-refractivity contribution in [2.75, 3.05) is 6.54 Å². The van der Waals surface area contributed by atoms with E-state index in [2.05, 4.69) is 15.5 Å². The minimum absolute atomic E-state index is 0. The first kappa shape index (κ1) is 26.9. The highest BCUT2D eigenvalue weighted by molar-refractivity contribution is 5.85. The molecular weight excluding hydrogens is 495 g/mol. The number of carbonyl (C=O) groups is 1. The van der Waals surface area contributed by atoms with Crippen molar-refractivity contribution in [3.8, 4) is 34.0 Å². The highest BCUT2D eigenvalue weighted by Gasteiger charge is 2.30. The lowest BCUT2D eigenvalue weighted by molar-refractivity contribution is -0.138. The van der Waals surface area contributed by atoms with Crippen LogP contribution in [0.3, 0.4) is 0 Å². The Morgan fingerprint density at radius 2 is 1.69 bits per heavy atom. The highest BCUT2D eigenvalue weighted by atomic mass is 35.5. The van der Waals surface area contributed by atoms with Gasteiger partial charge >= 0.3 is 12.1 Å². The number of benzene rings is 3. The molecule has 10 heteroatoms.